The van der Waals surface area contributed by atoms with Crippen molar-refractivity contribution in [2.24, 2.45) is 0 Å². The van der Waals surface area contributed by atoms with Crippen molar-refractivity contribution in [1.82, 2.24) is 0 Å². The smallest absolute Gasteiger partial charge is 0.134 e. The molecule has 1 rings (SSSR count). The van der Waals surface area contributed by atoms with Gasteiger partial charge >= 0.3 is 0 Å². The number of hydrogen-bond acceptors (Lipinski definition) is 3. The molecule has 0 amide bonds. The topological polar surface area (TPSA) is 51.2 Å². The minimum Gasteiger partial charge on any atom is -0.233 e. The van der Waals surface area contributed by atoms with Crippen LogP contribution in [0.5, 0.6) is 0 Å². The van der Waals surface area contributed by atoms with Crippen LogP contribution in [0.2, 0.25) is 0 Å². The van der Waals surface area contributed by atoms with Gasteiger partial charge in [-0.25, -0.2) is 14.4 Å². The van der Waals surface area contributed by atoms with Crippen molar-refractivity contribution in [1.29, 1.82) is 0 Å². The summed E-state index contributed by atoms with van der Waals surface area (Å²) in [5.74, 6) is 4.69. The number of benzene rings is 1. The van der Waals surface area contributed by atoms with Crippen molar-refractivity contribution in [2.45, 2.75) is 0 Å². The first-order valence-corrected chi connectivity index (χ1v) is 3.43. The van der Waals surface area contributed by atoms with Crippen LogP contribution in [0.1, 0.15) is 5.56 Å². The van der Waals surface area contributed by atoms with E-state index in [1.165, 1.54) is 18.1 Å². The average Bonchev–Trinajstić information content (AvgIpc) is 2.18. The fourth-order valence-electron chi connectivity index (χ4n) is 0.953. The van der Waals surface area contributed by atoms with Crippen LogP contribution in [-0.4, -0.2) is 17.8 Å². The fourth-order valence-corrected chi connectivity index (χ4v) is 0.953. The van der Waals surface area contributed by atoms with E-state index in [0.717, 1.165) is 6.08 Å². The third-order valence-electron chi connectivity index (χ3n) is 1.52. The molecule has 0 aliphatic carbocycles. The predicted octanol–water partition coefficient (Wildman–Crippen LogP) is -1.46. The van der Waals surface area contributed by atoms with E-state index in [-0.39, 0.29) is 10.4 Å². The molecule has 0 radical (unpaired) electrons. The van der Waals surface area contributed by atoms with E-state index in [1.807, 2.05) is 0 Å². The minimum absolute atomic E-state index is 0.0425. The molecule has 1 aromatic rings. The second-order valence-corrected chi connectivity index (χ2v) is 2.24. The van der Waals surface area contributed by atoms with Crippen molar-refractivity contribution in [2.75, 3.05) is 0 Å². The molecule has 1 aromatic carbocycles. The maximum absolute atomic E-state index is 10.4. The summed E-state index contributed by atoms with van der Waals surface area (Å²) < 4.78 is 0. The summed E-state index contributed by atoms with van der Waals surface area (Å²) in [4.78, 5) is 30.8. The fraction of sp³-hybridized carbons (Fsp3) is 0. The molecular formula is C10H4O3. The second kappa shape index (κ2) is 4.01. The molecule has 0 atom stereocenters. The normalized spacial score (nSPS) is 8.00. The van der Waals surface area contributed by atoms with E-state index in [9.17, 15) is 14.4 Å². The Labute approximate surface area is 73.3 Å². The van der Waals surface area contributed by atoms with Crippen LogP contribution >= 0.6 is 0 Å². The van der Waals surface area contributed by atoms with Crippen LogP contribution in [0.3, 0.4) is 0 Å². The van der Waals surface area contributed by atoms with Crippen molar-refractivity contribution >= 4 is 23.9 Å². The SMILES string of the molecule is O=C=Cc1cccc(=C=O)c1=C=O. The van der Waals surface area contributed by atoms with Gasteiger partial charge in [0.15, 0.2) is 0 Å². The zero-order chi connectivity index (χ0) is 9.68. The molecule has 0 unspecified atom stereocenters. The average molecular weight is 172 g/mol. The van der Waals surface area contributed by atoms with Crippen LogP contribution in [0.15, 0.2) is 18.2 Å². The Morgan fingerprint density at radius 3 is 2.38 bits per heavy atom. The Balaban J connectivity index is 3.87. The van der Waals surface area contributed by atoms with E-state index in [4.69, 9.17) is 0 Å². The lowest BCUT2D eigenvalue weighted by Gasteiger charge is -1.87. The summed E-state index contributed by atoms with van der Waals surface area (Å²) in [6.07, 6.45) is 1.07. The van der Waals surface area contributed by atoms with Gasteiger partial charge in [0.25, 0.3) is 0 Å². The molecule has 0 fully saturated rings. The molecule has 3 nitrogen and oxygen atoms in total. The molecule has 0 heterocycles. The summed E-state index contributed by atoms with van der Waals surface area (Å²) in [5.41, 5.74) is 0.325. The molecule has 0 aliphatic rings. The Bertz CT molecular complexity index is 526. The molecule has 3 heteroatoms. The molecule has 0 bridgehead atoms. The van der Waals surface area contributed by atoms with Crippen LogP contribution in [0, 0.1) is 0 Å². The van der Waals surface area contributed by atoms with E-state index >= 15 is 0 Å². The molecule has 13 heavy (non-hydrogen) atoms. The molecule has 0 saturated carbocycles. The van der Waals surface area contributed by atoms with Gasteiger partial charge in [-0.3, -0.25) is 0 Å². The summed E-state index contributed by atoms with van der Waals surface area (Å²) in [5, 5.41) is 0.139. The first kappa shape index (κ1) is 8.92. The van der Waals surface area contributed by atoms with Gasteiger partial charge in [-0.1, -0.05) is 12.1 Å². The summed E-state index contributed by atoms with van der Waals surface area (Å²) >= 11 is 0. The predicted molar refractivity (Wildman–Crippen MR) is 45.4 cm³/mol. The van der Waals surface area contributed by atoms with E-state index < -0.39 is 0 Å². The molecule has 62 valence electrons. The summed E-state index contributed by atoms with van der Waals surface area (Å²) in [6.45, 7) is 0. The highest BCUT2D eigenvalue weighted by Crippen LogP contribution is 1.86. The summed E-state index contributed by atoms with van der Waals surface area (Å²) in [6, 6.07) is 4.49. The van der Waals surface area contributed by atoms with Crippen LogP contribution in [-0.2, 0) is 14.4 Å². The van der Waals surface area contributed by atoms with Crippen LogP contribution < -0.4 is 10.4 Å². The highest BCUT2D eigenvalue weighted by molar-refractivity contribution is 5.77. The third-order valence-corrected chi connectivity index (χ3v) is 1.52. The van der Waals surface area contributed by atoms with Crippen molar-refractivity contribution in [3.63, 3.8) is 0 Å². The van der Waals surface area contributed by atoms with E-state index in [0.29, 0.717) is 5.56 Å². The molecular weight excluding hydrogens is 168 g/mol. The van der Waals surface area contributed by atoms with Gasteiger partial charge < -0.3 is 0 Å². The number of hydrogen-bond donors (Lipinski definition) is 0. The van der Waals surface area contributed by atoms with Crippen LogP contribution in [0.4, 0.5) is 0 Å². The van der Waals surface area contributed by atoms with Gasteiger partial charge in [0.05, 0.1) is 10.4 Å². The van der Waals surface area contributed by atoms with Crippen molar-refractivity contribution < 1.29 is 14.4 Å². The van der Waals surface area contributed by atoms with Gasteiger partial charge in [0.1, 0.15) is 17.8 Å². The van der Waals surface area contributed by atoms with E-state index in [1.54, 1.807) is 17.9 Å². The van der Waals surface area contributed by atoms with Crippen molar-refractivity contribution in [3.05, 3.63) is 34.2 Å². The van der Waals surface area contributed by atoms with Crippen LogP contribution in [0.25, 0.3) is 6.08 Å². The van der Waals surface area contributed by atoms with Gasteiger partial charge in [0, 0.05) is 11.6 Å². The van der Waals surface area contributed by atoms with Crippen molar-refractivity contribution in [3.8, 4) is 0 Å². The minimum atomic E-state index is 0.0425. The molecule has 0 aliphatic heterocycles. The van der Waals surface area contributed by atoms with Gasteiger partial charge in [-0.2, -0.15) is 0 Å². The van der Waals surface area contributed by atoms with Gasteiger partial charge in [-0.05, 0) is 6.07 Å². The standard InChI is InChI=1S/C10H4O3/c11-5-4-8-2-1-3-9(6-12)10(8)7-13/h1-4H. The first-order valence-electron chi connectivity index (χ1n) is 3.43. The maximum atomic E-state index is 10.4. The largest absolute Gasteiger partial charge is 0.233 e. The third kappa shape index (κ3) is 1.70. The lowest BCUT2D eigenvalue weighted by atomic mass is 10.1. The lowest BCUT2D eigenvalue weighted by molar-refractivity contribution is 0.564. The second-order valence-electron chi connectivity index (χ2n) is 2.24. The van der Waals surface area contributed by atoms with Gasteiger partial charge in [0.2, 0.25) is 0 Å². The zero-order valence-electron chi connectivity index (χ0n) is 6.53. The Morgan fingerprint density at radius 2 is 1.85 bits per heavy atom. The van der Waals surface area contributed by atoms with E-state index in [2.05, 4.69) is 0 Å². The Hall–Kier alpha value is -2.17. The maximum Gasteiger partial charge on any atom is 0.134 e. The zero-order valence-corrected chi connectivity index (χ0v) is 6.53. The lowest BCUT2D eigenvalue weighted by Crippen LogP contribution is -2.29. The molecule has 0 N–H and O–H groups in total. The molecule has 0 aromatic heterocycles. The first-order chi connectivity index (χ1) is 6.33. The summed E-state index contributed by atoms with van der Waals surface area (Å²) in [7, 11) is 0. The number of carbonyl (C=O) groups excluding carboxylic acids is 3. The quantitative estimate of drug-likeness (QED) is 0.486. The number of rotatable bonds is 1. The Kier molecular flexibility index (Phi) is 2.75. The van der Waals surface area contributed by atoms with Gasteiger partial charge in [-0.15, -0.1) is 0 Å². The highest BCUT2D eigenvalue weighted by Gasteiger charge is 1.93. The highest BCUT2D eigenvalue weighted by atomic mass is 16.1. The Morgan fingerprint density at radius 1 is 1.08 bits per heavy atom. The molecule has 0 saturated heterocycles. The molecule has 0 spiro atoms. The monoisotopic (exact) mass is 172 g/mol.